The van der Waals surface area contributed by atoms with E-state index < -0.39 is 0 Å². The van der Waals surface area contributed by atoms with Crippen molar-refractivity contribution >= 4 is 5.97 Å². The molecule has 14 heavy (non-hydrogen) atoms. The van der Waals surface area contributed by atoms with Gasteiger partial charge in [-0.05, 0) is 20.3 Å². The first kappa shape index (κ1) is 13.4. The largest absolute Gasteiger partial charge is 0.466 e. The van der Waals surface area contributed by atoms with E-state index in [1.165, 1.54) is 19.3 Å². The van der Waals surface area contributed by atoms with Gasteiger partial charge in [-0.1, -0.05) is 19.8 Å². The maximum absolute atomic E-state index is 11.0. The highest BCUT2D eigenvalue weighted by Crippen LogP contribution is 1.99. The predicted octanol–water partition coefficient (Wildman–Crippen LogP) is 2.11. The molecule has 0 aliphatic carbocycles. The third kappa shape index (κ3) is 8.05. The maximum atomic E-state index is 11.0. The highest BCUT2D eigenvalue weighted by molar-refractivity contribution is 5.69. The van der Waals surface area contributed by atoms with E-state index in [0.29, 0.717) is 19.1 Å². The third-order valence-electron chi connectivity index (χ3n) is 2.12. The first-order valence-corrected chi connectivity index (χ1v) is 5.59. The lowest BCUT2D eigenvalue weighted by Crippen LogP contribution is -2.28. The van der Waals surface area contributed by atoms with Crippen LogP contribution in [0.4, 0.5) is 0 Å². The molecule has 1 N–H and O–H groups in total. The number of nitrogens with one attached hydrogen (secondary N) is 1. The van der Waals surface area contributed by atoms with Crippen LogP contribution in [0, 0.1) is 0 Å². The van der Waals surface area contributed by atoms with Gasteiger partial charge in [-0.25, -0.2) is 0 Å². The second-order valence-corrected chi connectivity index (χ2v) is 3.55. The summed E-state index contributed by atoms with van der Waals surface area (Å²) in [5.41, 5.74) is 0. The van der Waals surface area contributed by atoms with Gasteiger partial charge in [0.05, 0.1) is 13.0 Å². The Morgan fingerprint density at radius 3 is 2.71 bits per heavy atom. The van der Waals surface area contributed by atoms with Crippen LogP contribution in [0.15, 0.2) is 0 Å². The molecule has 0 amide bonds. The van der Waals surface area contributed by atoms with Gasteiger partial charge in [-0.2, -0.15) is 0 Å². The summed E-state index contributed by atoms with van der Waals surface area (Å²) in [6.07, 6.45) is 4.13. The molecule has 0 aliphatic rings. The number of hydrogen-bond acceptors (Lipinski definition) is 3. The highest BCUT2D eigenvalue weighted by atomic mass is 16.5. The van der Waals surface area contributed by atoms with E-state index in [0.717, 1.165) is 6.54 Å². The zero-order valence-electron chi connectivity index (χ0n) is 9.64. The van der Waals surface area contributed by atoms with Gasteiger partial charge in [-0.15, -0.1) is 0 Å². The normalized spacial score (nSPS) is 12.5. The summed E-state index contributed by atoms with van der Waals surface area (Å²) in [7, 11) is 0. The number of carbonyl (C=O) groups is 1. The van der Waals surface area contributed by atoms with Crippen molar-refractivity contribution in [2.24, 2.45) is 0 Å². The molecule has 0 rings (SSSR count). The zero-order valence-corrected chi connectivity index (χ0v) is 9.64. The molecule has 1 unspecified atom stereocenters. The van der Waals surface area contributed by atoms with Gasteiger partial charge in [0.15, 0.2) is 0 Å². The molecule has 1 atom stereocenters. The van der Waals surface area contributed by atoms with Crippen LogP contribution in [0.5, 0.6) is 0 Å². The van der Waals surface area contributed by atoms with E-state index in [1.807, 2.05) is 6.92 Å². The molecule has 0 heterocycles. The van der Waals surface area contributed by atoms with Gasteiger partial charge in [0.2, 0.25) is 0 Å². The lowest BCUT2D eigenvalue weighted by molar-refractivity contribution is -0.142. The molecular formula is C11H23NO2. The molecular weight excluding hydrogens is 178 g/mol. The average Bonchev–Trinajstić information content (AvgIpc) is 2.15. The molecule has 0 radical (unpaired) electrons. The summed E-state index contributed by atoms with van der Waals surface area (Å²) in [6.45, 7) is 7.37. The lowest BCUT2D eigenvalue weighted by atomic mass is 10.1. The number of esters is 1. The summed E-state index contributed by atoms with van der Waals surface area (Å²) in [5, 5.41) is 3.31. The van der Waals surface area contributed by atoms with Gasteiger partial charge < -0.3 is 10.1 Å². The minimum atomic E-state index is -0.109. The standard InChI is InChI=1S/C11H23NO2/c1-4-6-7-10(3)12-9-8-11(13)14-5-2/h10,12H,4-9H2,1-3H3. The highest BCUT2D eigenvalue weighted by Gasteiger charge is 2.03. The van der Waals surface area contributed by atoms with Gasteiger partial charge in [0.25, 0.3) is 0 Å². The van der Waals surface area contributed by atoms with Crippen molar-refractivity contribution in [2.45, 2.75) is 52.5 Å². The fourth-order valence-electron chi connectivity index (χ4n) is 1.27. The maximum Gasteiger partial charge on any atom is 0.307 e. The number of unbranched alkanes of at least 4 members (excludes halogenated alkanes) is 1. The van der Waals surface area contributed by atoms with Crippen LogP contribution in [-0.4, -0.2) is 25.2 Å². The van der Waals surface area contributed by atoms with Gasteiger partial charge in [0.1, 0.15) is 0 Å². The molecule has 0 spiro atoms. The van der Waals surface area contributed by atoms with Crippen molar-refractivity contribution in [3.8, 4) is 0 Å². The summed E-state index contributed by atoms with van der Waals surface area (Å²) in [4.78, 5) is 11.0. The van der Waals surface area contributed by atoms with Gasteiger partial charge in [-0.3, -0.25) is 4.79 Å². The Labute approximate surface area is 87.2 Å². The monoisotopic (exact) mass is 201 g/mol. The van der Waals surface area contributed by atoms with Crippen molar-refractivity contribution in [1.82, 2.24) is 5.32 Å². The Balaban J connectivity index is 3.29. The SMILES string of the molecule is CCCCC(C)NCCC(=O)OCC. The Morgan fingerprint density at radius 2 is 2.14 bits per heavy atom. The Morgan fingerprint density at radius 1 is 1.43 bits per heavy atom. The summed E-state index contributed by atoms with van der Waals surface area (Å²) in [6, 6.07) is 0.504. The number of ether oxygens (including phenoxy) is 1. The Hall–Kier alpha value is -0.570. The smallest absolute Gasteiger partial charge is 0.307 e. The Kier molecular flexibility index (Phi) is 8.64. The Bertz CT molecular complexity index is 148. The minimum Gasteiger partial charge on any atom is -0.466 e. The van der Waals surface area contributed by atoms with Crippen molar-refractivity contribution in [1.29, 1.82) is 0 Å². The number of rotatable bonds is 8. The first-order chi connectivity index (χ1) is 6.70. The second kappa shape index (κ2) is 9.00. The molecule has 0 saturated carbocycles. The molecule has 0 aromatic carbocycles. The van der Waals surface area contributed by atoms with E-state index in [1.54, 1.807) is 0 Å². The van der Waals surface area contributed by atoms with Crippen molar-refractivity contribution < 1.29 is 9.53 Å². The topological polar surface area (TPSA) is 38.3 Å². The van der Waals surface area contributed by atoms with Crippen LogP contribution in [-0.2, 0) is 9.53 Å². The molecule has 3 nitrogen and oxygen atoms in total. The van der Waals surface area contributed by atoms with Crippen LogP contribution in [0.3, 0.4) is 0 Å². The fraction of sp³-hybridized carbons (Fsp3) is 0.909. The lowest BCUT2D eigenvalue weighted by Gasteiger charge is -2.12. The van der Waals surface area contributed by atoms with E-state index in [2.05, 4.69) is 19.2 Å². The number of hydrogen-bond donors (Lipinski definition) is 1. The van der Waals surface area contributed by atoms with Crippen LogP contribution in [0.25, 0.3) is 0 Å². The molecule has 0 aliphatic heterocycles. The summed E-state index contributed by atoms with van der Waals surface area (Å²) in [5.74, 6) is -0.109. The summed E-state index contributed by atoms with van der Waals surface area (Å²) >= 11 is 0. The quantitative estimate of drug-likeness (QED) is 0.611. The van der Waals surface area contributed by atoms with E-state index in [9.17, 15) is 4.79 Å². The van der Waals surface area contributed by atoms with Crippen LogP contribution >= 0.6 is 0 Å². The van der Waals surface area contributed by atoms with E-state index in [4.69, 9.17) is 4.74 Å². The average molecular weight is 201 g/mol. The van der Waals surface area contributed by atoms with Crippen molar-refractivity contribution in [2.75, 3.05) is 13.2 Å². The fourth-order valence-corrected chi connectivity index (χ4v) is 1.27. The van der Waals surface area contributed by atoms with E-state index in [-0.39, 0.29) is 5.97 Å². The molecule has 0 aromatic heterocycles. The molecule has 0 saturated heterocycles. The van der Waals surface area contributed by atoms with Gasteiger partial charge in [0, 0.05) is 12.6 Å². The van der Waals surface area contributed by atoms with Crippen molar-refractivity contribution in [3.05, 3.63) is 0 Å². The first-order valence-electron chi connectivity index (χ1n) is 5.59. The van der Waals surface area contributed by atoms with Crippen LogP contribution < -0.4 is 5.32 Å². The number of carbonyl (C=O) groups excluding carboxylic acids is 1. The van der Waals surface area contributed by atoms with E-state index >= 15 is 0 Å². The molecule has 3 heteroatoms. The van der Waals surface area contributed by atoms with Crippen LogP contribution in [0.1, 0.15) is 46.5 Å². The third-order valence-corrected chi connectivity index (χ3v) is 2.12. The zero-order chi connectivity index (χ0) is 10.8. The molecule has 0 fully saturated rings. The predicted molar refractivity (Wildman–Crippen MR) is 58.2 cm³/mol. The van der Waals surface area contributed by atoms with Crippen LogP contribution in [0.2, 0.25) is 0 Å². The summed E-state index contributed by atoms with van der Waals surface area (Å²) < 4.78 is 4.83. The molecule has 0 aromatic rings. The molecule has 84 valence electrons. The second-order valence-electron chi connectivity index (χ2n) is 3.55. The van der Waals surface area contributed by atoms with Crippen molar-refractivity contribution in [3.63, 3.8) is 0 Å². The minimum absolute atomic E-state index is 0.109. The molecule has 0 bridgehead atoms. The van der Waals surface area contributed by atoms with Gasteiger partial charge >= 0.3 is 5.97 Å².